The Bertz CT molecular complexity index is 709. The van der Waals surface area contributed by atoms with Crippen LogP contribution in [0.1, 0.15) is 31.4 Å². The number of nitrogens with zero attached hydrogens (tertiary/aromatic N) is 1. The van der Waals surface area contributed by atoms with Gasteiger partial charge in [0.2, 0.25) is 5.91 Å². The van der Waals surface area contributed by atoms with Gasteiger partial charge in [0.15, 0.2) is 0 Å². The van der Waals surface area contributed by atoms with Crippen LogP contribution in [-0.4, -0.2) is 22.3 Å². The van der Waals surface area contributed by atoms with E-state index in [-0.39, 0.29) is 5.91 Å². The third kappa shape index (κ3) is 2.13. The number of aryl methyl sites for hydroxylation is 1. The monoisotopic (exact) mass is 268 g/mol. The van der Waals surface area contributed by atoms with Crippen LogP contribution in [0.4, 0.5) is 0 Å². The van der Waals surface area contributed by atoms with Crippen LogP contribution >= 0.6 is 0 Å². The van der Waals surface area contributed by atoms with Crippen LogP contribution in [0.15, 0.2) is 35.7 Å². The summed E-state index contributed by atoms with van der Waals surface area (Å²) in [7, 11) is 0. The molecular formula is C17H20N2O. The maximum atomic E-state index is 11.9. The fraction of sp³-hybridized carbons (Fsp3) is 0.353. The molecule has 0 saturated heterocycles. The molecular weight excluding hydrogens is 248 g/mol. The summed E-state index contributed by atoms with van der Waals surface area (Å²) in [6.07, 6.45) is 3.54. The highest BCUT2D eigenvalue weighted by Gasteiger charge is 2.24. The molecule has 0 unspecified atom stereocenters. The molecule has 1 aromatic carbocycles. The van der Waals surface area contributed by atoms with Crippen molar-refractivity contribution in [3.05, 3.63) is 46.8 Å². The first kappa shape index (κ1) is 13.0. The molecule has 0 saturated carbocycles. The zero-order chi connectivity index (χ0) is 14.3. The van der Waals surface area contributed by atoms with Gasteiger partial charge in [0.1, 0.15) is 0 Å². The summed E-state index contributed by atoms with van der Waals surface area (Å²) in [5, 5.41) is 1.26. The molecule has 1 aliphatic rings. The Hall–Kier alpha value is -2.03. The second-order valence-electron chi connectivity index (χ2n) is 5.70. The summed E-state index contributed by atoms with van der Waals surface area (Å²) in [4.78, 5) is 17.2. The second kappa shape index (κ2) is 4.82. The predicted molar refractivity (Wildman–Crippen MR) is 81.4 cm³/mol. The first-order chi connectivity index (χ1) is 9.56. The van der Waals surface area contributed by atoms with Crippen molar-refractivity contribution in [2.45, 2.75) is 33.6 Å². The average molecular weight is 268 g/mol. The Morgan fingerprint density at radius 3 is 2.75 bits per heavy atom. The number of hydrogen-bond acceptors (Lipinski definition) is 1. The highest BCUT2D eigenvalue weighted by Crippen LogP contribution is 2.25. The lowest BCUT2D eigenvalue weighted by atomic mass is 10.1. The van der Waals surface area contributed by atoms with Gasteiger partial charge in [-0.05, 0) is 50.0 Å². The molecule has 1 aliphatic heterocycles. The van der Waals surface area contributed by atoms with Gasteiger partial charge in [-0.3, -0.25) is 4.79 Å². The van der Waals surface area contributed by atoms with Gasteiger partial charge in [-0.25, -0.2) is 0 Å². The van der Waals surface area contributed by atoms with Gasteiger partial charge in [-0.15, -0.1) is 0 Å². The quantitative estimate of drug-likeness (QED) is 0.908. The van der Waals surface area contributed by atoms with Crippen LogP contribution < -0.4 is 0 Å². The molecule has 0 fully saturated rings. The molecule has 0 spiro atoms. The number of allylic oxidation sites excluding steroid dienone is 1. The number of carbonyl (C=O) groups excluding carboxylic acids is 1. The highest BCUT2D eigenvalue weighted by atomic mass is 16.2. The number of carbonyl (C=O) groups is 1. The van der Waals surface area contributed by atoms with Crippen LogP contribution in [-0.2, 0) is 11.2 Å². The normalized spacial score (nSPS) is 15.8. The summed E-state index contributed by atoms with van der Waals surface area (Å²) in [6, 6.07) is 6.46. The molecule has 3 rings (SSSR count). The summed E-state index contributed by atoms with van der Waals surface area (Å²) in [6.45, 7) is 6.95. The van der Waals surface area contributed by atoms with Crippen molar-refractivity contribution in [3.8, 4) is 0 Å². The Labute approximate surface area is 119 Å². The van der Waals surface area contributed by atoms with Crippen LogP contribution in [0.25, 0.3) is 10.9 Å². The van der Waals surface area contributed by atoms with E-state index in [2.05, 4.69) is 36.3 Å². The molecule has 0 atom stereocenters. The first-order valence-corrected chi connectivity index (χ1v) is 7.09. The third-order valence-electron chi connectivity index (χ3n) is 4.27. The van der Waals surface area contributed by atoms with Crippen LogP contribution in [0.5, 0.6) is 0 Å². The smallest absolute Gasteiger partial charge is 0.230 e. The number of fused-ring (bicyclic) bond motifs is 1. The van der Waals surface area contributed by atoms with Crippen molar-refractivity contribution in [3.63, 3.8) is 0 Å². The molecule has 3 nitrogen and oxygen atoms in total. The third-order valence-corrected chi connectivity index (χ3v) is 4.27. The lowest BCUT2D eigenvalue weighted by Crippen LogP contribution is -2.26. The number of amides is 1. The fourth-order valence-corrected chi connectivity index (χ4v) is 2.90. The summed E-state index contributed by atoms with van der Waals surface area (Å²) in [5.41, 5.74) is 6.05. The largest absolute Gasteiger partial charge is 0.361 e. The molecule has 104 valence electrons. The summed E-state index contributed by atoms with van der Waals surface area (Å²) in [5.74, 6) is 0.232. The minimum absolute atomic E-state index is 0.232. The number of rotatable bonds is 3. The lowest BCUT2D eigenvalue weighted by molar-refractivity contribution is -0.127. The molecule has 3 heteroatoms. The molecule has 0 aliphatic carbocycles. The molecule has 0 radical (unpaired) electrons. The molecule has 20 heavy (non-hydrogen) atoms. The number of benzene rings is 1. The molecule has 1 aromatic heterocycles. The zero-order valence-electron chi connectivity index (χ0n) is 12.3. The minimum atomic E-state index is 0.232. The van der Waals surface area contributed by atoms with E-state index in [0.717, 1.165) is 18.7 Å². The van der Waals surface area contributed by atoms with Crippen LogP contribution in [0.3, 0.4) is 0 Å². The predicted octanol–water partition coefficient (Wildman–Crippen LogP) is 3.55. The number of hydrogen-bond donors (Lipinski definition) is 1. The standard InChI is InChI=1S/C17H20N2O/c1-11-4-5-15-14(10-18-16(15)8-11)6-7-19-13(3)12(2)9-17(19)20/h4-5,8,10,18H,6-7,9H2,1-3H3. The van der Waals surface area contributed by atoms with Crippen molar-refractivity contribution < 1.29 is 4.79 Å². The van der Waals surface area contributed by atoms with E-state index in [1.807, 2.05) is 18.7 Å². The van der Waals surface area contributed by atoms with E-state index >= 15 is 0 Å². The van der Waals surface area contributed by atoms with Gasteiger partial charge >= 0.3 is 0 Å². The lowest BCUT2D eigenvalue weighted by Gasteiger charge is -2.17. The first-order valence-electron chi connectivity index (χ1n) is 7.09. The van der Waals surface area contributed by atoms with E-state index in [9.17, 15) is 4.79 Å². The number of aromatic nitrogens is 1. The average Bonchev–Trinajstić information content (AvgIpc) is 2.90. The SMILES string of the molecule is CC1=C(C)N(CCc2c[nH]c3cc(C)ccc23)C(=O)C1. The van der Waals surface area contributed by atoms with Crippen molar-refractivity contribution in [2.75, 3.05) is 6.54 Å². The van der Waals surface area contributed by atoms with Crippen LogP contribution in [0, 0.1) is 6.92 Å². The van der Waals surface area contributed by atoms with E-state index < -0.39 is 0 Å². The van der Waals surface area contributed by atoms with Gasteiger partial charge in [0.05, 0.1) is 0 Å². The number of aromatic amines is 1. The zero-order valence-corrected chi connectivity index (χ0v) is 12.3. The van der Waals surface area contributed by atoms with Crippen molar-refractivity contribution >= 4 is 16.8 Å². The van der Waals surface area contributed by atoms with E-state index in [1.165, 1.54) is 27.6 Å². The number of nitrogens with one attached hydrogen (secondary N) is 1. The fourth-order valence-electron chi connectivity index (χ4n) is 2.90. The Morgan fingerprint density at radius 1 is 1.25 bits per heavy atom. The topological polar surface area (TPSA) is 36.1 Å². The second-order valence-corrected chi connectivity index (χ2v) is 5.70. The molecule has 1 N–H and O–H groups in total. The molecule has 2 heterocycles. The van der Waals surface area contributed by atoms with E-state index in [4.69, 9.17) is 0 Å². The van der Waals surface area contributed by atoms with Crippen molar-refractivity contribution in [2.24, 2.45) is 0 Å². The minimum Gasteiger partial charge on any atom is -0.361 e. The molecule has 0 bridgehead atoms. The van der Waals surface area contributed by atoms with Crippen molar-refractivity contribution in [1.82, 2.24) is 9.88 Å². The maximum Gasteiger partial charge on any atom is 0.230 e. The van der Waals surface area contributed by atoms with Gasteiger partial charge in [0.25, 0.3) is 0 Å². The number of H-pyrrole nitrogens is 1. The Morgan fingerprint density at radius 2 is 2.05 bits per heavy atom. The van der Waals surface area contributed by atoms with Gasteiger partial charge < -0.3 is 9.88 Å². The Balaban J connectivity index is 1.79. The van der Waals surface area contributed by atoms with Crippen molar-refractivity contribution in [1.29, 1.82) is 0 Å². The summed E-state index contributed by atoms with van der Waals surface area (Å²) >= 11 is 0. The molecule has 1 amide bonds. The van der Waals surface area contributed by atoms with E-state index in [0.29, 0.717) is 6.42 Å². The van der Waals surface area contributed by atoms with Gasteiger partial charge in [0, 0.05) is 35.8 Å². The Kier molecular flexibility index (Phi) is 3.13. The molecule has 2 aromatic rings. The summed E-state index contributed by atoms with van der Waals surface area (Å²) < 4.78 is 0. The van der Waals surface area contributed by atoms with E-state index in [1.54, 1.807) is 0 Å². The highest BCUT2D eigenvalue weighted by molar-refractivity contribution is 5.85. The van der Waals surface area contributed by atoms with Crippen LogP contribution in [0.2, 0.25) is 0 Å². The van der Waals surface area contributed by atoms with Gasteiger partial charge in [-0.2, -0.15) is 0 Å². The van der Waals surface area contributed by atoms with Gasteiger partial charge in [-0.1, -0.05) is 12.1 Å². The maximum absolute atomic E-state index is 11.9.